The molecule has 0 unspecified atom stereocenters. The van der Waals surface area contributed by atoms with Gasteiger partial charge in [0.25, 0.3) is 0 Å². The maximum Gasteiger partial charge on any atom is 0.304 e. The topological polar surface area (TPSA) is 71.2 Å². The smallest absolute Gasteiger partial charge is 0.304 e. The number of benzene rings is 1. The Morgan fingerprint density at radius 1 is 1.38 bits per heavy atom. The molecule has 1 N–H and O–H groups in total. The first-order chi connectivity index (χ1) is 10.0. The number of carbonyl (C=O) groups is 1. The highest BCUT2D eigenvalue weighted by Gasteiger charge is 2.12. The highest BCUT2D eigenvalue weighted by atomic mass is 35.5. The van der Waals surface area contributed by atoms with Gasteiger partial charge >= 0.3 is 5.97 Å². The number of aromatic nitrogens is 3. The van der Waals surface area contributed by atoms with Crippen molar-refractivity contribution >= 4 is 17.6 Å². The second-order valence-corrected chi connectivity index (χ2v) is 5.24. The molecular formula is C14H17ClN4O2. The predicted molar refractivity (Wildman–Crippen MR) is 78.8 cm³/mol. The molecule has 0 amide bonds. The number of hydrogen-bond donors (Lipinski definition) is 1. The number of halogens is 1. The summed E-state index contributed by atoms with van der Waals surface area (Å²) >= 11 is 6.16. The molecule has 21 heavy (non-hydrogen) atoms. The summed E-state index contributed by atoms with van der Waals surface area (Å²) in [6.07, 6.45) is 1.89. The van der Waals surface area contributed by atoms with E-state index in [0.29, 0.717) is 24.7 Å². The summed E-state index contributed by atoms with van der Waals surface area (Å²) in [5.74, 6) is -0.821. The van der Waals surface area contributed by atoms with Gasteiger partial charge in [-0.15, -0.1) is 5.10 Å². The summed E-state index contributed by atoms with van der Waals surface area (Å²) in [7, 11) is 1.80. The summed E-state index contributed by atoms with van der Waals surface area (Å²) in [4.78, 5) is 12.8. The van der Waals surface area contributed by atoms with Crippen molar-refractivity contribution in [1.29, 1.82) is 0 Å². The van der Waals surface area contributed by atoms with Crippen molar-refractivity contribution in [3.05, 3.63) is 46.7 Å². The molecule has 0 saturated carbocycles. The highest BCUT2D eigenvalue weighted by molar-refractivity contribution is 6.31. The maximum absolute atomic E-state index is 10.8. The molecule has 0 bridgehead atoms. The number of aliphatic carboxylic acids is 1. The maximum atomic E-state index is 10.8. The molecule has 112 valence electrons. The second-order valence-electron chi connectivity index (χ2n) is 4.83. The lowest BCUT2D eigenvalue weighted by molar-refractivity contribution is -0.137. The zero-order valence-electron chi connectivity index (χ0n) is 11.7. The van der Waals surface area contributed by atoms with Crippen LogP contribution >= 0.6 is 11.6 Å². The minimum atomic E-state index is -0.821. The molecule has 0 aliphatic carbocycles. The Labute approximate surface area is 127 Å². The van der Waals surface area contributed by atoms with Crippen molar-refractivity contribution in [2.75, 3.05) is 6.54 Å². The first kappa shape index (κ1) is 15.5. The van der Waals surface area contributed by atoms with Gasteiger partial charge in [-0.2, -0.15) is 0 Å². The number of carboxylic acids is 1. The lowest BCUT2D eigenvalue weighted by Gasteiger charge is -2.21. The van der Waals surface area contributed by atoms with Crippen LogP contribution in [0, 0.1) is 0 Å². The minimum Gasteiger partial charge on any atom is -0.481 e. The van der Waals surface area contributed by atoms with Crippen LogP contribution in [0.4, 0.5) is 0 Å². The quantitative estimate of drug-likeness (QED) is 0.846. The Bertz CT molecular complexity index is 615. The lowest BCUT2D eigenvalue weighted by atomic mass is 10.2. The van der Waals surface area contributed by atoms with Gasteiger partial charge in [0, 0.05) is 37.9 Å². The fourth-order valence-electron chi connectivity index (χ4n) is 2.03. The van der Waals surface area contributed by atoms with Crippen molar-refractivity contribution in [2.24, 2.45) is 7.05 Å². The third-order valence-corrected chi connectivity index (χ3v) is 3.40. The summed E-state index contributed by atoms with van der Waals surface area (Å²) < 4.78 is 1.63. The molecule has 7 heteroatoms. The van der Waals surface area contributed by atoms with Gasteiger partial charge in [0.1, 0.15) is 0 Å². The Morgan fingerprint density at radius 3 is 2.76 bits per heavy atom. The van der Waals surface area contributed by atoms with Gasteiger partial charge in [-0.25, -0.2) is 0 Å². The number of hydrogen-bond acceptors (Lipinski definition) is 4. The largest absolute Gasteiger partial charge is 0.481 e. The molecule has 0 saturated heterocycles. The van der Waals surface area contributed by atoms with E-state index in [2.05, 4.69) is 10.3 Å². The van der Waals surface area contributed by atoms with Crippen LogP contribution in [0.2, 0.25) is 5.02 Å². The van der Waals surface area contributed by atoms with E-state index < -0.39 is 5.97 Å². The Kier molecular flexibility index (Phi) is 5.30. The SMILES string of the molecule is Cn1cc(CN(CCC(=O)O)Cc2ccccc2Cl)nn1. The fourth-order valence-corrected chi connectivity index (χ4v) is 2.23. The molecule has 0 atom stereocenters. The molecular weight excluding hydrogens is 292 g/mol. The van der Waals surface area contributed by atoms with Crippen LogP contribution in [-0.4, -0.2) is 37.5 Å². The van der Waals surface area contributed by atoms with Gasteiger partial charge < -0.3 is 5.11 Å². The van der Waals surface area contributed by atoms with Crippen molar-refractivity contribution in [2.45, 2.75) is 19.5 Å². The molecule has 0 aliphatic heterocycles. The van der Waals surface area contributed by atoms with Crippen LogP contribution in [0.1, 0.15) is 17.7 Å². The summed E-state index contributed by atoms with van der Waals surface area (Å²) in [6.45, 7) is 1.53. The number of carboxylic acid groups (broad SMARTS) is 1. The Morgan fingerprint density at radius 2 is 2.14 bits per heavy atom. The van der Waals surface area contributed by atoms with Crippen molar-refractivity contribution in [1.82, 2.24) is 19.9 Å². The summed E-state index contributed by atoms with van der Waals surface area (Å²) in [5, 5.41) is 17.5. The van der Waals surface area contributed by atoms with Crippen LogP contribution in [0.5, 0.6) is 0 Å². The average molecular weight is 309 g/mol. The van der Waals surface area contributed by atoms with E-state index in [-0.39, 0.29) is 6.42 Å². The van der Waals surface area contributed by atoms with Gasteiger partial charge in [0.15, 0.2) is 0 Å². The first-order valence-electron chi connectivity index (χ1n) is 6.57. The van der Waals surface area contributed by atoms with E-state index in [1.165, 1.54) is 0 Å². The summed E-state index contributed by atoms with van der Waals surface area (Å²) in [6, 6.07) is 7.55. The van der Waals surface area contributed by atoms with Gasteiger partial charge in [-0.1, -0.05) is 35.0 Å². The van der Waals surface area contributed by atoms with E-state index in [9.17, 15) is 4.79 Å². The molecule has 1 heterocycles. The zero-order chi connectivity index (χ0) is 15.2. The van der Waals surface area contributed by atoms with Crippen molar-refractivity contribution in [3.8, 4) is 0 Å². The van der Waals surface area contributed by atoms with Gasteiger partial charge in [0.2, 0.25) is 0 Å². The van der Waals surface area contributed by atoms with Gasteiger partial charge in [-0.05, 0) is 11.6 Å². The predicted octanol–water partition coefficient (Wildman–Crippen LogP) is 1.95. The van der Waals surface area contributed by atoms with Crippen LogP contribution in [0.25, 0.3) is 0 Å². The van der Waals surface area contributed by atoms with Crippen molar-refractivity contribution < 1.29 is 9.90 Å². The number of rotatable bonds is 7. The van der Waals surface area contributed by atoms with Crippen molar-refractivity contribution in [3.63, 3.8) is 0 Å². The standard InChI is InChI=1S/C14H17ClN4O2/c1-18-9-12(16-17-18)10-19(7-6-14(20)21)8-11-4-2-3-5-13(11)15/h2-5,9H,6-8,10H2,1H3,(H,20,21). The molecule has 0 aliphatic rings. The van der Waals surface area contributed by atoms with E-state index in [0.717, 1.165) is 11.3 Å². The van der Waals surface area contributed by atoms with Crippen LogP contribution in [0.15, 0.2) is 30.5 Å². The van der Waals surface area contributed by atoms with Crippen LogP contribution < -0.4 is 0 Å². The molecule has 0 fully saturated rings. The third-order valence-electron chi connectivity index (χ3n) is 3.03. The van der Waals surface area contributed by atoms with E-state index in [1.54, 1.807) is 11.7 Å². The molecule has 0 radical (unpaired) electrons. The molecule has 1 aromatic heterocycles. The summed E-state index contributed by atoms with van der Waals surface area (Å²) in [5.41, 5.74) is 1.77. The fraction of sp³-hybridized carbons (Fsp3) is 0.357. The minimum absolute atomic E-state index is 0.0741. The van der Waals surface area contributed by atoms with E-state index in [4.69, 9.17) is 16.7 Å². The van der Waals surface area contributed by atoms with Crippen LogP contribution in [0.3, 0.4) is 0 Å². The third kappa shape index (κ3) is 4.84. The van der Waals surface area contributed by atoms with E-state index >= 15 is 0 Å². The molecule has 6 nitrogen and oxygen atoms in total. The molecule has 2 rings (SSSR count). The first-order valence-corrected chi connectivity index (χ1v) is 6.95. The monoisotopic (exact) mass is 308 g/mol. The van der Waals surface area contributed by atoms with Crippen LogP contribution in [-0.2, 0) is 24.9 Å². The molecule has 0 spiro atoms. The molecule has 1 aromatic carbocycles. The lowest BCUT2D eigenvalue weighted by Crippen LogP contribution is -2.26. The second kappa shape index (κ2) is 7.19. The Hall–Kier alpha value is -1.92. The van der Waals surface area contributed by atoms with E-state index in [1.807, 2.05) is 35.4 Å². The highest BCUT2D eigenvalue weighted by Crippen LogP contribution is 2.18. The Balaban J connectivity index is 2.07. The normalized spacial score (nSPS) is 11.0. The van der Waals surface area contributed by atoms with Gasteiger partial charge in [-0.3, -0.25) is 14.4 Å². The average Bonchev–Trinajstić information content (AvgIpc) is 2.84. The number of nitrogens with zero attached hydrogens (tertiary/aromatic N) is 4. The zero-order valence-corrected chi connectivity index (χ0v) is 12.5. The number of aryl methyl sites for hydroxylation is 1. The van der Waals surface area contributed by atoms with Gasteiger partial charge in [0.05, 0.1) is 12.1 Å². The molecule has 2 aromatic rings.